The van der Waals surface area contributed by atoms with E-state index >= 15 is 0 Å². The normalized spacial score (nSPS) is 15.4. The Kier molecular flexibility index (Phi) is 6.39. The summed E-state index contributed by atoms with van der Waals surface area (Å²) in [5, 5.41) is 11.4. The number of aliphatic hydroxyl groups is 1. The lowest BCUT2D eigenvalue weighted by Crippen LogP contribution is -2.46. The average Bonchev–Trinajstić information content (AvgIpc) is 3.33. The van der Waals surface area contributed by atoms with Crippen LogP contribution in [0.3, 0.4) is 0 Å². The van der Waals surface area contributed by atoms with E-state index in [0.29, 0.717) is 17.1 Å². The molecule has 0 fully saturated rings. The third-order valence-electron chi connectivity index (χ3n) is 5.31. The van der Waals surface area contributed by atoms with Crippen molar-refractivity contribution in [2.75, 3.05) is 19.7 Å². The second-order valence-corrected chi connectivity index (χ2v) is 8.32. The van der Waals surface area contributed by atoms with E-state index in [2.05, 4.69) is 4.98 Å². The number of hydrogen-bond donors (Lipinski definition) is 1. The molecule has 2 aromatic heterocycles. The maximum atomic E-state index is 13.5. The quantitative estimate of drug-likeness (QED) is 0.641. The number of halogens is 1. The van der Waals surface area contributed by atoms with E-state index in [9.17, 15) is 19.1 Å². The van der Waals surface area contributed by atoms with Crippen LogP contribution in [-0.4, -0.2) is 51.4 Å². The van der Waals surface area contributed by atoms with Crippen LogP contribution in [0.25, 0.3) is 0 Å². The fourth-order valence-corrected chi connectivity index (χ4v) is 4.49. The van der Waals surface area contributed by atoms with Crippen LogP contribution in [0.2, 0.25) is 0 Å². The van der Waals surface area contributed by atoms with Gasteiger partial charge in [-0.1, -0.05) is 24.3 Å². The molecule has 1 N–H and O–H groups in total. The Hall–Kier alpha value is -3.10. The average molecular weight is 440 g/mol. The smallest absolute Gasteiger partial charge is 0.264 e. The van der Waals surface area contributed by atoms with Crippen LogP contribution in [0.15, 0.2) is 60.1 Å². The number of carbonyl (C=O) groups is 2. The Bertz CT molecular complexity index is 1060. The highest BCUT2D eigenvalue weighted by Gasteiger charge is 2.36. The van der Waals surface area contributed by atoms with Gasteiger partial charge < -0.3 is 14.9 Å². The first-order valence-electron chi connectivity index (χ1n) is 9.97. The van der Waals surface area contributed by atoms with Gasteiger partial charge in [0.1, 0.15) is 5.82 Å². The van der Waals surface area contributed by atoms with E-state index < -0.39 is 5.92 Å². The van der Waals surface area contributed by atoms with E-state index in [1.807, 2.05) is 17.5 Å². The van der Waals surface area contributed by atoms with Gasteiger partial charge in [-0.15, -0.1) is 11.3 Å². The molecule has 1 atom stereocenters. The van der Waals surface area contributed by atoms with Gasteiger partial charge in [-0.05, 0) is 40.8 Å². The molecule has 3 aromatic rings. The monoisotopic (exact) mass is 439 g/mol. The molecule has 0 saturated carbocycles. The number of fused-ring (bicyclic) bond motifs is 1. The summed E-state index contributed by atoms with van der Waals surface area (Å²) in [6.45, 7) is 0.768. The summed E-state index contributed by atoms with van der Waals surface area (Å²) in [5.74, 6) is -1.32. The number of rotatable bonds is 6. The molecule has 1 aliphatic rings. The number of thiophene rings is 1. The number of benzene rings is 1. The van der Waals surface area contributed by atoms with Crippen molar-refractivity contribution in [2.45, 2.75) is 19.0 Å². The van der Waals surface area contributed by atoms with Gasteiger partial charge in [0.05, 0.1) is 23.1 Å². The van der Waals surface area contributed by atoms with Crippen LogP contribution in [0.1, 0.15) is 32.4 Å². The lowest BCUT2D eigenvalue weighted by molar-refractivity contribution is -0.134. The van der Waals surface area contributed by atoms with Gasteiger partial charge in [-0.2, -0.15) is 0 Å². The number of carbonyl (C=O) groups excluding carboxylic acids is 2. The van der Waals surface area contributed by atoms with Crippen molar-refractivity contribution in [1.29, 1.82) is 0 Å². The maximum Gasteiger partial charge on any atom is 0.264 e. The SMILES string of the molecule is O=C(c1cccs1)N1Cc2cccnc2C(C(=O)N(CCO)Cc2ccc(F)cc2)C1. The maximum absolute atomic E-state index is 13.5. The van der Waals surface area contributed by atoms with Crippen molar-refractivity contribution in [3.8, 4) is 0 Å². The predicted octanol–water partition coefficient (Wildman–Crippen LogP) is 3.04. The third kappa shape index (κ3) is 4.65. The first-order chi connectivity index (χ1) is 15.1. The van der Waals surface area contributed by atoms with E-state index in [4.69, 9.17) is 0 Å². The number of nitrogens with zero attached hydrogens (tertiary/aromatic N) is 3. The minimum atomic E-state index is -0.638. The van der Waals surface area contributed by atoms with E-state index in [0.717, 1.165) is 11.1 Å². The predicted molar refractivity (Wildman–Crippen MR) is 115 cm³/mol. The topological polar surface area (TPSA) is 73.7 Å². The Labute approximate surface area is 183 Å². The van der Waals surface area contributed by atoms with Crippen molar-refractivity contribution in [3.63, 3.8) is 0 Å². The van der Waals surface area contributed by atoms with Crippen molar-refractivity contribution >= 4 is 23.2 Å². The summed E-state index contributed by atoms with van der Waals surface area (Å²) in [4.78, 5) is 34.8. The number of amides is 2. The summed E-state index contributed by atoms with van der Waals surface area (Å²) in [6.07, 6.45) is 1.65. The van der Waals surface area contributed by atoms with E-state index in [1.54, 1.807) is 35.4 Å². The Morgan fingerprint density at radius 2 is 2.00 bits per heavy atom. The number of aliphatic hydroxyl groups excluding tert-OH is 1. The van der Waals surface area contributed by atoms with Crippen molar-refractivity contribution in [3.05, 3.63) is 87.6 Å². The molecule has 3 heterocycles. The lowest BCUT2D eigenvalue weighted by atomic mass is 9.93. The minimum Gasteiger partial charge on any atom is -0.395 e. The fraction of sp³-hybridized carbons (Fsp3) is 0.261. The standard InChI is InChI=1S/C23H22FN3O3S/c24-18-7-5-16(6-8-18)13-26(10-11-28)22(29)19-15-27(23(30)20-4-2-12-31-20)14-17-3-1-9-25-21(17)19/h1-9,12,19,28H,10-11,13-15H2. The van der Waals surface area contributed by atoms with Crippen LogP contribution in [0.4, 0.5) is 4.39 Å². The molecule has 0 aliphatic carbocycles. The number of aromatic nitrogens is 1. The first kappa shape index (κ1) is 21.1. The van der Waals surface area contributed by atoms with Gasteiger partial charge in [-0.3, -0.25) is 14.6 Å². The third-order valence-corrected chi connectivity index (χ3v) is 6.16. The molecule has 0 spiro atoms. The molecule has 4 rings (SSSR count). The van der Waals surface area contributed by atoms with Crippen LogP contribution in [0, 0.1) is 5.82 Å². The minimum absolute atomic E-state index is 0.116. The second kappa shape index (κ2) is 9.36. The fourth-order valence-electron chi connectivity index (χ4n) is 3.80. The number of pyridine rings is 1. The molecule has 31 heavy (non-hydrogen) atoms. The Balaban J connectivity index is 1.61. The van der Waals surface area contributed by atoms with Gasteiger partial charge in [0.25, 0.3) is 5.91 Å². The lowest BCUT2D eigenvalue weighted by Gasteiger charge is -2.35. The molecular weight excluding hydrogens is 417 g/mol. The van der Waals surface area contributed by atoms with Crippen LogP contribution >= 0.6 is 11.3 Å². The summed E-state index contributed by atoms with van der Waals surface area (Å²) < 4.78 is 13.3. The Morgan fingerprint density at radius 1 is 1.19 bits per heavy atom. The Morgan fingerprint density at radius 3 is 2.71 bits per heavy atom. The molecule has 6 nitrogen and oxygen atoms in total. The second-order valence-electron chi connectivity index (χ2n) is 7.37. The van der Waals surface area contributed by atoms with Gasteiger partial charge in [0.15, 0.2) is 0 Å². The highest BCUT2D eigenvalue weighted by atomic mass is 32.1. The molecule has 1 aliphatic heterocycles. The summed E-state index contributed by atoms with van der Waals surface area (Å²) in [5.41, 5.74) is 2.25. The van der Waals surface area contributed by atoms with E-state index in [-0.39, 0.29) is 43.9 Å². The molecule has 2 amide bonds. The summed E-state index contributed by atoms with van der Waals surface area (Å²) in [7, 11) is 0. The highest BCUT2D eigenvalue weighted by Crippen LogP contribution is 2.30. The van der Waals surface area contributed by atoms with Crippen LogP contribution < -0.4 is 0 Å². The summed E-state index contributed by atoms with van der Waals surface area (Å²) >= 11 is 1.37. The molecule has 0 radical (unpaired) electrons. The van der Waals surface area contributed by atoms with Crippen molar-refractivity contribution in [1.82, 2.24) is 14.8 Å². The largest absolute Gasteiger partial charge is 0.395 e. The molecule has 1 unspecified atom stereocenters. The molecule has 8 heteroatoms. The van der Waals surface area contributed by atoms with Crippen LogP contribution in [-0.2, 0) is 17.9 Å². The molecule has 0 saturated heterocycles. The van der Waals surface area contributed by atoms with E-state index in [1.165, 1.54) is 28.4 Å². The molecule has 160 valence electrons. The zero-order valence-corrected chi connectivity index (χ0v) is 17.6. The highest BCUT2D eigenvalue weighted by molar-refractivity contribution is 7.12. The van der Waals surface area contributed by atoms with Gasteiger partial charge in [0.2, 0.25) is 5.91 Å². The molecule has 0 bridgehead atoms. The van der Waals surface area contributed by atoms with Gasteiger partial charge in [-0.25, -0.2) is 4.39 Å². The van der Waals surface area contributed by atoms with Gasteiger partial charge >= 0.3 is 0 Å². The van der Waals surface area contributed by atoms with Crippen LogP contribution in [0.5, 0.6) is 0 Å². The molecule has 1 aromatic carbocycles. The molecular formula is C23H22FN3O3S. The summed E-state index contributed by atoms with van der Waals surface area (Å²) in [6, 6.07) is 13.2. The first-order valence-corrected chi connectivity index (χ1v) is 10.9. The number of hydrogen-bond acceptors (Lipinski definition) is 5. The van der Waals surface area contributed by atoms with Crippen molar-refractivity contribution in [2.24, 2.45) is 0 Å². The van der Waals surface area contributed by atoms with Gasteiger partial charge in [0, 0.05) is 32.4 Å². The zero-order chi connectivity index (χ0) is 21.8. The zero-order valence-electron chi connectivity index (χ0n) is 16.8. The van der Waals surface area contributed by atoms with Crippen molar-refractivity contribution < 1.29 is 19.1 Å².